The van der Waals surface area contributed by atoms with Crippen molar-refractivity contribution in [3.8, 4) is 5.75 Å². The molecule has 0 spiro atoms. The lowest BCUT2D eigenvalue weighted by atomic mass is 9.95. The zero-order valence-corrected chi connectivity index (χ0v) is 13.7. The fraction of sp³-hybridized carbons (Fsp3) is 0.684. The topological polar surface area (TPSA) is 20.2 Å². The van der Waals surface area contributed by atoms with Gasteiger partial charge < -0.3 is 5.11 Å². The molecule has 0 aliphatic carbocycles. The molecule has 0 radical (unpaired) electrons. The Morgan fingerprint density at radius 2 is 1.35 bits per heavy atom. The molecule has 0 saturated carbocycles. The van der Waals surface area contributed by atoms with Crippen LogP contribution in [0.4, 0.5) is 0 Å². The molecule has 114 valence electrons. The van der Waals surface area contributed by atoms with Crippen molar-refractivity contribution < 1.29 is 5.11 Å². The van der Waals surface area contributed by atoms with Gasteiger partial charge in [-0.1, -0.05) is 65.0 Å². The summed E-state index contributed by atoms with van der Waals surface area (Å²) in [4.78, 5) is 0. The minimum Gasteiger partial charge on any atom is -0.507 e. The molecule has 0 aliphatic heterocycles. The zero-order valence-electron chi connectivity index (χ0n) is 13.7. The lowest BCUT2D eigenvalue weighted by Gasteiger charge is -2.13. The van der Waals surface area contributed by atoms with E-state index in [1.54, 1.807) is 0 Å². The molecule has 1 rings (SSSR count). The molecule has 0 fully saturated rings. The minimum atomic E-state index is 0.567. The lowest BCUT2D eigenvalue weighted by Crippen LogP contribution is -1.96. The average molecular weight is 276 g/mol. The van der Waals surface area contributed by atoms with Gasteiger partial charge in [0.05, 0.1) is 0 Å². The molecule has 0 heterocycles. The maximum absolute atomic E-state index is 10.4. The summed E-state index contributed by atoms with van der Waals surface area (Å²) in [5, 5.41) is 10.4. The van der Waals surface area contributed by atoms with Crippen molar-refractivity contribution >= 4 is 0 Å². The van der Waals surface area contributed by atoms with Crippen molar-refractivity contribution in [1.29, 1.82) is 0 Å². The first-order valence-electron chi connectivity index (χ1n) is 8.56. The van der Waals surface area contributed by atoms with E-state index < -0.39 is 0 Å². The Bertz CT molecular complexity index is 382. The van der Waals surface area contributed by atoms with Crippen LogP contribution in [0.2, 0.25) is 0 Å². The highest BCUT2D eigenvalue weighted by Crippen LogP contribution is 2.28. The molecular weight excluding hydrogens is 244 g/mol. The summed E-state index contributed by atoms with van der Waals surface area (Å²) in [6.07, 6.45) is 11.8. The summed E-state index contributed by atoms with van der Waals surface area (Å²) in [6, 6.07) is 4.48. The molecule has 1 aromatic carbocycles. The van der Waals surface area contributed by atoms with E-state index in [-0.39, 0.29) is 0 Å². The van der Waals surface area contributed by atoms with Gasteiger partial charge in [0.25, 0.3) is 0 Å². The second kappa shape index (κ2) is 9.85. The van der Waals surface area contributed by atoms with Crippen molar-refractivity contribution in [2.24, 2.45) is 0 Å². The van der Waals surface area contributed by atoms with Crippen LogP contribution in [0.1, 0.15) is 82.4 Å². The highest BCUT2D eigenvalue weighted by molar-refractivity contribution is 5.44. The first kappa shape index (κ1) is 17.1. The number of aromatic hydroxyl groups is 1. The molecule has 1 aromatic rings. The van der Waals surface area contributed by atoms with E-state index in [4.69, 9.17) is 0 Å². The van der Waals surface area contributed by atoms with E-state index in [2.05, 4.69) is 32.9 Å². The van der Waals surface area contributed by atoms with Crippen LogP contribution in [0.3, 0.4) is 0 Å². The number of hydrogen-bond donors (Lipinski definition) is 1. The number of aryl methyl sites for hydroxylation is 3. The van der Waals surface area contributed by atoms with E-state index >= 15 is 0 Å². The normalized spacial score (nSPS) is 10.9. The Morgan fingerprint density at radius 3 is 1.95 bits per heavy atom. The second-order valence-corrected chi connectivity index (χ2v) is 5.93. The molecule has 0 saturated heterocycles. The van der Waals surface area contributed by atoms with Crippen LogP contribution >= 0.6 is 0 Å². The number of phenolic OH excluding ortho intramolecular Hbond substituents is 1. The van der Waals surface area contributed by atoms with Crippen LogP contribution in [0.5, 0.6) is 5.75 Å². The second-order valence-electron chi connectivity index (χ2n) is 5.93. The summed E-state index contributed by atoms with van der Waals surface area (Å²) < 4.78 is 0. The van der Waals surface area contributed by atoms with Gasteiger partial charge >= 0.3 is 0 Å². The number of rotatable bonds is 10. The van der Waals surface area contributed by atoms with Gasteiger partial charge in [-0.3, -0.25) is 0 Å². The summed E-state index contributed by atoms with van der Waals surface area (Å²) in [5.41, 5.74) is 3.75. The fourth-order valence-electron chi connectivity index (χ4n) is 2.75. The van der Waals surface area contributed by atoms with Crippen LogP contribution in [0.15, 0.2) is 12.1 Å². The smallest absolute Gasteiger partial charge is 0.121 e. The molecule has 1 nitrogen and oxygen atoms in total. The maximum atomic E-state index is 10.4. The van der Waals surface area contributed by atoms with Gasteiger partial charge in [-0.2, -0.15) is 0 Å². The molecule has 0 atom stereocenters. The van der Waals surface area contributed by atoms with Gasteiger partial charge in [-0.25, -0.2) is 0 Å². The molecule has 1 heteroatoms. The minimum absolute atomic E-state index is 0.567. The van der Waals surface area contributed by atoms with Gasteiger partial charge in [0, 0.05) is 0 Å². The van der Waals surface area contributed by atoms with Gasteiger partial charge in [-0.05, 0) is 48.8 Å². The third kappa shape index (κ3) is 5.56. The van der Waals surface area contributed by atoms with Crippen LogP contribution in [0, 0.1) is 0 Å². The monoisotopic (exact) mass is 276 g/mol. The SMILES string of the molecule is CCCCCCc1cc(CCC)c(O)c(CCCC)c1. The molecule has 0 aliphatic rings. The Hall–Kier alpha value is -0.980. The standard InChI is InChI=1S/C19H32O/c1-4-7-9-10-12-16-14-17(11-6-3)19(20)18(15-16)13-8-5-2/h14-15,20H,4-13H2,1-3H3. The van der Waals surface area contributed by atoms with Crippen molar-refractivity contribution in [2.75, 3.05) is 0 Å². The highest BCUT2D eigenvalue weighted by atomic mass is 16.3. The number of benzene rings is 1. The van der Waals surface area contributed by atoms with Crippen molar-refractivity contribution in [1.82, 2.24) is 0 Å². The third-order valence-corrected chi connectivity index (χ3v) is 3.97. The van der Waals surface area contributed by atoms with Gasteiger partial charge in [0.1, 0.15) is 5.75 Å². The molecule has 0 bridgehead atoms. The number of hydrogen-bond acceptors (Lipinski definition) is 1. The Labute approximate surface area is 125 Å². The largest absolute Gasteiger partial charge is 0.507 e. The molecule has 20 heavy (non-hydrogen) atoms. The van der Waals surface area contributed by atoms with Crippen LogP contribution in [-0.4, -0.2) is 5.11 Å². The van der Waals surface area contributed by atoms with E-state index in [1.807, 2.05) is 0 Å². The van der Waals surface area contributed by atoms with E-state index in [0.717, 1.165) is 31.2 Å². The number of phenols is 1. The molecule has 0 aromatic heterocycles. The summed E-state index contributed by atoms with van der Waals surface area (Å²) in [5.74, 6) is 0.567. The van der Waals surface area contributed by atoms with Crippen LogP contribution in [0.25, 0.3) is 0 Å². The summed E-state index contributed by atoms with van der Waals surface area (Å²) in [7, 11) is 0. The third-order valence-electron chi connectivity index (χ3n) is 3.97. The van der Waals surface area contributed by atoms with Crippen molar-refractivity contribution in [2.45, 2.75) is 85.0 Å². The zero-order chi connectivity index (χ0) is 14.8. The van der Waals surface area contributed by atoms with Crippen molar-refractivity contribution in [3.05, 3.63) is 28.8 Å². The first-order valence-corrected chi connectivity index (χ1v) is 8.56. The average Bonchev–Trinajstić information content (AvgIpc) is 2.45. The van der Waals surface area contributed by atoms with E-state index in [1.165, 1.54) is 49.7 Å². The Morgan fingerprint density at radius 1 is 0.700 bits per heavy atom. The predicted molar refractivity (Wildman–Crippen MR) is 88.6 cm³/mol. The molecular formula is C19H32O. The molecule has 1 N–H and O–H groups in total. The molecule has 0 amide bonds. The van der Waals surface area contributed by atoms with E-state index in [0.29, 0.717) is 5.75 Å². The highest BCUT2D eigenvalue weighted by Gasteiger charge is 2.09. The van der Waals surface area contributed by atoms with Gasteiger partial charge in [-0.15, -0.1) is 0 Å². The van der Waals surface area contributed by atoms with Crippen LogP contribution in [-0.2, 0) is 19.3 Å². The Kier molecular flexibility index (Phi) is 8.41. The number of unbranched alkanes of at least 4 members (excludes halogenated alkanes) is 4. The van der Waals surface area contributed by atoms with E-state index in [9.17, 15) is 5.11 Å². The van der Waals surface area contributed by atoms with Gasteiger partial charge in [0.15, 0.2) is 0 Å². The fourth-order valence-corrected chi connectivity index (χ4v) is 2.75. The first-order chi connectivity index (χ1) is 9.72. The maximum Gasteiger partial charge on any atom is 0.121 e. The van der Waals surface area contributed by atoms with Crippen molar-refractivity contribution in [3.63, 3.8) is 0 Å². The quantitative estimate of drug-likeness (QED) is 0.535. The summed E-state index contributed by atoms with van der Waals surface area (Å²) in [6.45, 7) is 6.64. The summed E-state index contributed by atoms with van der Waals surface area (Å²) >= 11 is 0. The predicted octanol–water partition coefficient (Wildman–Crippen LogP) is 5.81. The van der Waals surface area contributed by atoms with Crippen LogP contribution < -0.4 is 0 Å². The Balaban J connectivity index is 2.79. The molecule has 0 unspecified atom stereocenters. The van der Waals surface area contributed by atoms with Gasteiger partial charge in [0.2, 0.25) is 0 Å². The lowest BCUT2D eigenvalue weighted by molar-refractivity contribution is 0.458.